The number of methoxy groups -OCH3 is 1. The number of fused-ring (bicyclic) bond motifs is 1. The van der Waals surface area contributed by atoms with E-state index in [1.165, 1.54) is 25.3 Å². The first-order valence-corrected chi connectivity index (χ1v) is 7.03. The van der Waals surface area contributed by atoms with Crippen molar-refractivity contribution >= 4 is 16.7 Å². The Morgan fingerprint density at radius 3 is 2.32 bits per heavy atom. The molecular formula is C18H10F4O3. The minimum Gasteiger partial charge on any atom is -0.497 e. The smallest absolute Gasteiger partial charge is 0.343 e. The molecule has 25 heavy (non-hydrogen) atoms. The van der Waals surface area contributed by atoms with E-state index in [1.54, 1.807) is 0 Å². The average Bonchev–Trinajstić information content (AvgIpc) is 2.61. The molecule has 0 spiro atoms. The Hall–Kier alpha value is -3.09. The Kier molecular flexibility index (Phi) is 4.31. The first-order chi connectivity index (χ1) is 11.9. The Morgan fingerprint density at radius 1 is 0.880 bits per heavy atom. The molecule has 3 aromatic carbocycles. The summed E-state index contributed by atoms with van der Waals surface area (Å²) in [5, 5.41) is -0.216. The van der Waals surface area contributed by atoms with Crippen LogP contribution in [-0.4, -0.2) is 13.1 Å². The molecule has 0 aliphatic carbocycles. The van der Waals surface area contributed by atoms with Gasteiger partial charge in [-0.3, -0.25) is 0 Å². The second-order valence-corrected chi connectivity index (χ2v) is 5.11. The SMILES string of the molecule is COc1ccc(OC(=O)c2ccc3c(F)c(F)c(F)cc3c2)c(F)c1. The van der Waals surface area contributed by atoms with Gasteiger partial charge in [0.25, 0.3) is 0 Å². The molecule has 0 unspecified atom stereocenters. The molecule has 3 nitrogen and oxygen atoms in total. The Balaban J connectivity index is 1.94. The molecule has 0 N–H and O–H groups in total. The summed E-state index contributed by atoms with van der Waals surface area (Å²) >= 11 is 0. The van der Waals surface area contributed by atoms with Crippen LogP contribution in [0.4, 0.5) is 17.6 Å². The summed E-state index contributed by atoms with van der Waals surface area (Å²) in [4.78, 5) is 12.1. The van der Waals surface area contributed by atoms with Crippen LogP contribution in [0.25, 0.3) is 10.8 Å². The highest BCUT2D eigenvalue weighted by Crippen LogP contribution is 2.26. The number of carbonyl (C=O) groups excluding carboxylic acids is 1. The van der Waals surface area contributed by atoms with Crippen LogP contribution in [0.2, 0.25) is 0 Å². The van der Waals surface area contributed by atoms with Gasteiger partial charge in [-0.1, -0.05) is 6.07 Å². The molecule has 3 rings (SSSR count). The molecule has 0 aromatic heterocycles. The van der Waals surface area contributed by atoms with Crippen LogP contribution >= 0.6 is 0 Å². The fourth-order valence-corrected chi connectivity index (χ4v) is 2.28. The number of esters is 1. The molecule has 0 amide bonds. The monoisotopic (exact) mass is 350 g/mol. The standard InChI is InChI=1S/C18H10F4O3/c1-24-11-3-5-15(13(19)8-11)25-18(23)9-2-4-12-10(6-9)7-14(20)17(22)16(12)21/h2-8H,1H3. The summed E-state index contributed by atoms with van der Waals surface area (Å²) in [6.07, 6.45) is 0. The highest BCUT2D eigenvalue weighted by Gasteiger charge is 2.17. The van der Waals surface area contributed by atoms with E-state index >= 15 is 0 Å². The van der Waals surface area contributed by atoms with Crippen molar-refractivity contribution in [1.29, 1.82) is 0 Å². The lowest BCUT2D eigenvalue weighted by atomic mass is 10.1. The van der Waals surface area contributed by atoms with Gasteiger partial charge in [-0.2, -0.15) is 0 Å². The van der Waals surface area contributed by atoms with E-state index in [9.17, 15) is 22.4 Å². The van der Waals surface area contributed by atoms with Crippen molar-refractivity contribution in [1.82, 2.24) is 0 Å². The van der Waals surface area contributed by atoms with E-state index in [1.807, 2.05) is 0 Å². The van der Waals surface area contributed by atoms with Crippen molar-refractivity contribution < 1.29 is 31.8 Å². The van der Waals surface area contributed by atoms with E-state index in [0.29, 0.717) is 0 Å². The lowest BCUT2D eigenvalue weighted by Crippen LogP contribution is -2.09. The fraction of sp³-hybridized carbons (Fsp3) is 0.0556. The summed E-state index contributed by atoms with van der Waals surface area (Å²) in [7, 11) is 1.36. The van der Waals surface area contributed by atoms with Crippen LogP contribution in [0, 0.1) is 23.3 Å². The average molecular weight is 350 g/mol. The molecule has 128 valence electrons. The van der Waals surface area contributed by atoms with E-state index in [0.717, 1.165) is 24.3 Å². The van der Waals surface area contributed by atoms with Gasteiger partial charge in [0.1, 0.15) is 5.75 Å². The maximum Gasteiger partial charge on any atom is 0.343 e. The van der Waals surface area contributed by atoms with E-state index in [2.05, 4.69) is 0 Å². The second-order valence-electron chi connectivity index (χ2n) is 5.11. The summed E-state index contributed by atoms with van der Waals surface area (Å²) in [6, 6.07) is 7.84. The number of hydrogen-bond acceptors (Lipinski definition) is 3. The van der Waals surface area contributed by atoms with Crippen molar-refractivity contribution in [3.05, 3.63) is 71.3 Å². The zero-order valence-corrected chi connectivity index (χ0v) is 12.8. The molecule has 7 heteroatoms. The summed E-state index contributed by atoms with van der Waals surface area (Å²) in [5.74, 6) is -6.15. The molecule has 0 bridgehead atoms. The van der Waals surface area contributed by atoms with Gasteiger partial charge < -0.3 is 9.47 Å². The molecule has 0 saturated heterocycles. The van der Waals surface area contributed by atoms with E-state index in [-0.39, 0.29) is 27.8 Å². The van der Waals surface area contributed by atoms with Crippen LogP contribution in [0.5, 0.6) is 11.5 Å². The third kappa shape index (κ3) is 3.13. The first-order valence-electron chi connectivity index (χ1n) is 7.03. The van der Waals surface area contributed by atoms with Gasteiger partial charge >= 0.3 is 5.97 Å². The van der Waals surface area contributed by atoms with Gasteiger partial charge in [0.15, 0.2) is 29.0 Å². The molecule has 0 radical (unpaired) electrons. The summed E-state index contributed by atoms with van der Waals surface area (Å²) in [6.45, 7) is 0. The minimum atomic E-state index is -1.59. The van der Waals surface area contributed by atoms with Gasteiger partial charge in [0.05, 0.1) is 12.7 Å². The predicted molar refractivity (Wildman–Crippen MR) is 81.7 cm³/mol. The van der Waals surface area contributed by atoms with Crippen LogP contribution < -0.4 is 9.47 Å². The predicted octanol–water partition coefficient (Wildman–Crippen LogP) is 4.62. The number of benzene rings is 3. The number of rotatable bonds is 3. The zero-order chi connectivity index (χ0) is 18.1. The first kappa shape index (κ1) is 16.8. The third-order valence-corrected chi connectivity index (χ3v) is 3.55. The zero-order valence-electron chi connectivity index (χ0n) is 12.8. The summed E-state index contributed by atoms with van der Waals surface area (Å²) in [5.41, 5.74) is -0.0758. The van der Waals surface area contributed by atoms with Crippen molar-refractivity contribution in [3.63, 3.8) is 0 Å². The highest BCUT2D eigenvalue weighted by molar-refractivity contribution is 5.96. The lowest BCUT2D eigenvalue weighted by Gasteiger charge is -2.08. The normalized spacial score (nSPS) is 10.8. The minimum absolute atomic E-state index is 0.0268. The number of hydrogen-bond donors (Lipinski definition) is 0. The van der Waals surface area contributed by atoms with Crippen molar-refractivity contribution in [2.24, 2.45) is 0 Å². The Labute approximate surface area is 139 Å². The second kappa shape index (κ2) is 6.43. The maximum absolute atomic E-state index is 13.8. The van der Waals surface area contributed by atoms with Gasteiger partial charge in [0, 0.05) is 11.5 Å². The number of halogens is 4. The Bertz CT molecular complexity index is 986. The van der Waals surface area contributed by atoms with Gasteiger partial charge in [-0.15, -0.1) is 0 Å². The quantitative estimate of drug-likeness (QED) is 0.299. The molecular weight excluding hydrogens is 340 g/mol. The van der Waals surface area contributed by atoms with Crippen LogP contribution in [0.3, 0.4) is 0 Å². The van der Waals surface area contributed by atoms with Gasteiger partial charge in [0.2, 0.25) is 0 Å². The van der Waals surface area contributed by atoms with Crippen LogP contribution in [0.1, 0.15) is 10.4 Å². The lowest BCUT2D eigenvalue weighted by molar-refractivity contribution is 0.0728. The number of carbonyl (C=O) groups is 1. The number of ether oxygens (including phenoxy) is 2. The van der Waals surface area contributed by atoms with Crippen molar-refractivity contribution in [2.75, 3.05) is 7.11 Å². The van der Waals surface area contributed by atoms with Crippen molar-refractivity contribution in [2.45, 2.75) is 0 Å². The highest BCUT2D eigenvalue weighted by atomic mass is 19.2. The molecule has 0 aliphatic heterocycles. The maximum atomic E-state index is 13.8. The summed E-state index contributed by atoms with van der Waals surface area (Å²) < 4.78 is 63.8. The molecule has 3 aromatic rings. The van der Waals surface area contributed by atoms with Gasteiger partial charge in [-0.25, -0.2) is 22.4 Å². The van der Waals surface area contributed by atoms with Crippen LogP contribution in [-0.2, 0) is 0 Å². The molecule has 0 fully saturated rings. The molecule has 0 atom stereocenters. The largest absolute Gasteiger partial charge is 0.497 e. The van der Waals surface area contributed by atoms with E-state index in [4.69, 9.17) is 9.47 Å². The molecule has 0 aliphatic rings. The third-order valence-electron chi connectivity index (χ3n) is 3.55. The van der Waals surface area contributed by atoms with Gasteiger partial charge in [-0.05, 0) is 35.7 Å². The topological polar surface area (TPSA) is 35.5 Å². The van der Waals surface area contributed by atoms with E-state index < -0.39 is 29.2 Å². The van der Waals surface area contributed by atoms with Crippen LogP contribution in [0.15, 0.2) is 42.5 Å². The fourth-order valence-electron chi connectivity index (χ4n) is 2.28. The Morgan fingerprint density at radius 2 is 1.64 bits per heavy atom. The molecule has 0 saturated carbocycles. The van der Waals surface area contributed by atoms with Crippen molar-refractivity contribution in [3.8, 4) is 11.5 Å². The molecule has 0 heterocycles.